The van der Waals surface area contributed by atoms with Crippen molar-refractivity contribution in [2.45, 2.75) is 12.0 Å². The van der Waals surface area contributed by atoms with Gasteiger partial charge in [0.2, 0.25) is 0 Å². The highest BCUT2D eigenvalue weighted by Gasteiger charge is 2.41. The quantitative estimate of drug-likeness (QED) is 0.844. The lowest BCUT2D eigenvalue weighted by atomic mass is 10.0. The number of methoxy groups -OCH3 is 1. The molecule has 1 amide bonds. The predicted octanol–water partition coefficient (Wildman–Crippen LogP) is 2.12. The number of likely N-dealkylation sites (tertiary alicyclic amines) is 1. The molecule has 0 N–H and O–H groups in total. The minimum absolute atomic E-state index is 0.195. The molecule has 7 heteroatoms. The first-order valence-corrected chi connectivity index (χ1v) is 7.25. The summed E-state index contributed by atoms with van der Waals surface area (Å²) in [5, 5.41) is 3.66. The van der Waals surface area contributed by atoms with Gasteiger partial charge in [-0.15, -0.1) is 0 Å². The third kappa shape index (κ3) is 3.34. The van der Waals surface area contributed by atoms with Crippen molar-refractivity contribution in [2.24, 2.45) is 0 Å². The molecule has 122 valence electrons. The van der Waals surface area contributed by atoms with Crippen molar-refractivity contribution in [2.75, 3.05) is 26.8 Å². The van der Waals surface area contributed by atoms with E-state index < -0.39 is 5.60 Å². The van der Waals surface area contributed by atoms with E-state index >= 15 is 0 Å². The van der Waals surface area contributed by atoms with Crippen LogP contribution in [0.1, 0.15) is 16.9 Å². The highest BCUT2D eigenvalue weighted by atomic mass is 19.1. The summed E-state index contributed by atoms with van der Waals surface area (Å²) in [6.45, 7) is 1.22. The summed E-state index contributed by atoms with van der Waals surface area (Å²) in [5.74, 6) is 0.0487. The van der Waals surface area contributed by atoms with Gasteiger partial charge in [0.05, 0.1) is 6.54 Å². The SMILES string of the molecule is CO[C@]1(COc2ccc(F)cc2)CCN(C(=O)c2ccon2)C1. The second-order valence-electron chi connectivity index (χ2n) is 5.49. The summed E-state index contributed by atoms with van der Waals surface area (Å²) in [4.78, 5) is 14.0. The largest absolute Gasteiger partial charge is 0.491 e. The van der Waals surface area contributed by atoms with Crippen molar-refractivity contribution in [1.29, 1.82) is 0 Å². The van der Waals surface area contributed by atoms with Crippen molar-refractivity contribution < 1.29 is 23.2 Å². The molecule has 1 aliphatic rings. The molecule has 1 aromatic carbocycles. The number of nitrogens with zero attached hydrogens (tertiary/aromatic N) is 2. The molecule has 2 heterocycles. The van der Waals surface area contributed by atoms with Gasteiger partial charge >= 0.3 is 0 Å². The Morgan fingerprint density at radius 3 is 2.83 bits per heavy atom. The average Bonchev–Trinajstić information content (AvgIpc) is 3.24. The Kier molecular flexibility index (Phi) is 4.29. The van der Waals surface area contributed by atoms with Crippen LogP contribution in [-0.2, 0) is 4.74 Å². The summed E-state index contributed by atoms with van der Waals surface area (Å²) in [5.41, 5.74) is -0.315. The maximum atomic E-state index is 12.9. The molecule has 2 aromatic rings. The molecule has 0 bridgehead atoms. The molecule has 1 saturated heterocycles. The molecule has 23 heavy (non-hydrogen) atoms. The number of amides is 1. The van der Waals surface area contributed by atoms with E-state index in [2.05, 4.69) is 5.16 Å². The van der Waals surface area contributed by atoms with Crippen molar-refractivity contribution in [3.8, 4) is 5.75 Å². The summed E-state index contributed by atoms with van der Waals surface area (Å²) < 4.78 is 28.9. The molecule has 1 atom stereocenters. The number of rotatable bonds is 5. The summed E-state index contributed by atoms with van der Waals surface area (Å²) in [6.07, 6.45) is 2.01. The zero-order valence-corrected chi connectivity index (χ0v) is 12.7. The monoisotopic (exact) mass is 320 g/mol. The topological polar surface area (TPSA) is 64.8 Å². The van der Waals surface area contributed by atoms with Gasteiger partial charge in [-0.1, -0.05) is 5.16 Å². The number of aromatic nitrogens is 1. The van der Waals surface area contributed by atoms with Crippen molar-refractivity contribution in [1.82, 2.24) is 10.1 Å². The lowest BCUT2D eigenvalue weighted by molar-refractivity contribution is -0.0343. The first-order chi connectivity index (χ1) is 11.1. The third-order valence-corrected chi connectivity index (χ3v) is 4.01. The number of benzene rings is 1. The molecule has 0 radical (unpaired) electrons. The van der Waals surface area contributed by atoms with E-state index in [-0.39, 0.29) is 24.0 Å². The molecule has 0 saturated carbocycles. The zero-order valence-electron chi connectivity index (χ0n) is 12.7. The van der Waals surface area contributed by atoms with Crippen LogP contribution in [0.3, 0.4) is 0 Å². The Balaban J connectivity index is 1.63. The molecule has 0 unspecified atom stereocenters. The van der Waals surface area contributed by atoms with Crippen molar-refractivity contribution in [3.05, 3.63) is 48.1 Å². The highest BCUT2D eigenvalue weighted by molar-refractivity contribution is 5.92. The second kappa shape index (κ2) is 6.37. The van der Waals surface area contributed by atoms with E-state index in [0.29, 0.717) is 25.3 Å². The van der Waals surface area contributed by atoms with E-state index in [1.54, 1.807) is 24.1 Å². The van der Waals surface area contributed by atoms with Crippen LogP contribution in [0.4, 0.5) is 4.39 Å². The average molecular weight is 320 g/mol. The normalized spacial score (nSPS) is 20.7. The van der Waals surface area contributed by atoms with Crippen molar-refractivity contribution >= 4 is 5.91 Å². The van der Waals surface area contributed by atoms with Gasteiger partial charge in [-0.2, -0.15) is 0 Å². The van der Waals surface area contributed by atoms with E-state index in [1.165, 1.54) is 24.5 Å². The Morgan fingerprint density at radius 2 is 2.17 bits per heavy atom. The minimum Gasteiger partial charge on any atom is -0.491 e. The van der Waals surface area contributed by atoms with Gasteiger partial charge < -0.3 is 18.9 Å². The third-order valence-electron chi connectivity index (χ3n) is 4.01. The second-order valence-corrected chi connectivity index (χ2v) is 5.49. The number of hydrogen-bond acceptors (Lipinski definition) is 5. The first-order valence-electron chi connectivity index (χ1n) is 7.25. The Labute approximate surface area is 132 Å². The van der Waals surface area contributed by atoms with E-state index in [1.807, 2.05) is 0 Å². The first kappa shape index (κ1) is 15.5. The maximum Gasteiger partial charge on any atom is 0.276 e. The zero-order chi connectivity index (χ0) is 16.3. The van der Waals surface area contributed by atoms with Crippen LogP contribution >= 0.6 is 0 Å². The number of hydrogen-bond donors (Lipinski definition) is 0. The molecule has 1 aliphatic heterocycles. The van der Waals surface area contributed by atoms with Crippen molar-refractivity contribution in [3.63, 3.8) is 0 Å². The molecule has 1 fully saturated rings. The summed E-state index contributed by atoms with van der Waals surface area (Å²) >= 11 is 0. The van der Waals surface area contributed by atoms with Crippen LogP contribution in [0.15, 0.2) is 41.1 Å². The van der Waals surface area contributed by atoms with Gasteiger partial charge in [-0.25, -0.2) is 4.39 Å². The van der Waals surface area contributed by atoms with Gasteiger partial charge in [0.25, 0.3) is 5.91 Å². The molecule has 3 rings (SSSR count). The Hall–Kier alpha value is -2.41. The standard InChI is InChI=1S/C16H17FN2O4/c1-21-16(11-22-13-4-2-12(17)3-5-13)7-8-19(10-16)15(20)14-6-9-23-18-14/h2-6,9H,7-8,10-11H2,1H3/t16-/m1/s1. The molecule has 6 nitrogen and oxygen atoms in total. The van der Waals surface area contributed by atoms with Crippen LogP contribution in [0.25, 0.3) is 0 Å². The van der Waals surface area contributed by atoms with Gasteiger partial charge in [-0.3, -0.25) is 4.79 Å². The maximum absolute atomic E-state index is 12.9. The van der Waals surface area contributed by atoms with Gasteiger partial charge in [-0.05, 0) is 30.7 Å². The van der Waals surface area contributed by atoms with Crippen LogP contribution in [0, 0.1) is 5.82 Å². The fraction of sp³-hybridized carbons (Fsp3) is 0.375. The summed E-state index contributed by atoms with van der Waals surface area (Å²) in [7, 11) is 1.60. The van der Waals surface area contributed by atoms with E-state index in [4.69, 9.17) is 14.0 Å². The fourth-order valence-corrected chi connectivity index (χ4v) is 2.59. The smallest absolute Gasteiger partial charge is 0.276 e. The van der Waals surface area contributed by atoms with Gasteiger partial charge in [0.15, 0.2) is 5.69 Å². The molecule has 0 spiro atoms. The van der Waals surface area contributed by atoms with Crippen LogP contribution in [0.5, 0.6) is 5.75 Å². The van der Waals surface area contributed by atoms with Crippen LogP contribution < -0.4 is 4.74 Å². The van der Waals surface area contributed by atoms with E-state index in [9.17, 15) is 9.18 Å². The molecular formula is C16H17FN2O4. The predicted molar refractivity (Wildman–Crippen MR) is 78.7 cm³/mol. The van der Waals surface area contributed by atoms with Crippen LogP contribution in [-0.4, -0.2) is 48.4 Å². The lowest BCUT2D eigenvalue weighted by Crippen LogP contribution is -2.42. The fourth-order valence-electron chi connectivity index (χ4n) is 2.59. The lowest BCUT2D eigenvalue weighted by Gasteiger charge is -2.27. The number of ether oxygens (including phenoxy) is 2. The highest BCUT2D eigenvalue weighted by Crippen LogP contribution is 2.27. The summed E-state index contributed by atoms with van der Waals surface area (Å²) in [6, 6.07) is 7.33. The van der Waals surface area contributed by atoms with E-state index in [0.717, 1.165) is 0 Å². The molecule has 1 aromatic heterocycles. The Bertz CT molecular complexity index is 659. The molecular weight excluding hydrogens is 303 g/mol. The van der Waals surface area contributed by atoms with Gasteiger partial charge in [0, 0.05) is 19.7 Å². The number of halogens is 1. The number of carbonyl (C=O) groups excluding carboxylic acids is 1. The van der Waals surface area contributed by atoms with Gasteiger partial charge in [0.1, 0.15) is 30.0 Å². The Morgan fingerprint density at radius 1 is 1.39 bits per heavy atom. The van der Waals surface area contributed by atoms with Crippen LogP contribution in [0.2, 0.25) is 0 Å². The molecule has 0 aliphatic carbocycles. The number of carbonyl (C=O) groups is 1. The minimum atomic E-state index is -0.590.